The molecule has 110 valence electrons. The summed E-state index contributed by atoms with van der Waals surface area (Å²) in [5.41, 5.74) is 10.2. The Hall–Kier alpha value is -2.59. The molecule has 0 aliphatic rings. The van der Waals surface area contributed by atoms with Gasteiger partial charge >= 0.3 is 0 Å². The molecule has 2 N–H and O–H groups in total. The summed E-state index contributed by atoms with van der Waals surface area (Å²) in [5.74, 6) is 0.372. The highest BCUT2D eigenvalue weighted by molar-refractivity contribution is 5.66. The maximum Gasteiger partial charge on any atom is 0.160 e. The molecule has 0 aliphatic carbocycles. The number of nitrogens with two attached hydrogens (primary N) is 1. The lowest BCUT2D eigenvalue weighted by molar-refractivity contribution is 0.628. The molecule has 0 saturated heterocycles. The first-order valence-corrected chi connectivity index (χ1v) is 7.07. The van der Waals surface area contributed by atoms with Crippen molar-refractivity contribution in [3.8, 4) is 22.6 Å². The zero-order valence-corrected chi connectivity index (χ0v) is 12.3. The van der Waals surface area contributed by atoms with Gasteiger partial charge in [0.2, 0.25) is 0 Å². The molecule has 1 aromatic heterocycles. The summed E-state index contributed by atoms with van der Waals surface area (Å²) in [4.78, 5) is 9.14. The van der Waals surface area contributed by atoms with Crippen molar-refractivity contribution in [1.82, 2.24) is 9.97 Å². The van der Waals surface area contributed by atoms with E-state index >= 15 is 0 Å². The van der Waals surface area contributed by atoms with Gasteiger partial charge in [0.15, 0.2) is 5.82 Å². The fraction of sp³-hybridized carbons (Fsp3) is 0.111. The topological polar surface area (TPSA) is 51.8 Å². The van der Waals surface area contributed by atoms with Crippen LogP contribution in [0, 0.1) is 12.7 Å². The first-order valence-electron chi connectivity index (χ1n) is 7.07. The summed E-state index contributed by atoms with van der Waals surface area (Å²) in [5, 5.41) is 0. The van der Waals surface area contributed by atoms with Gasteiger partial charge in [0, 0.05) is 17.7 Å². The van der Waals surface area contributed by atoms with E-state index in [0.717, 1.165) is 28.1 Å². The third-order valence-electron chi connectivity index (χ3n) is 3.51. The molecule has 0 radical (unpaired) electrons. The highest BCUT2D eigenvalue weighted by Gasteiger charge is 2.10. The zero-order chi connectivity index (χ0) is 15.5. The van der Waals surface area contributed by atoms with Crippen molar-refractivity contribution in [1.29, 1.82) is 0 Å². The highest BCUT2D eigenvalue weighted by atomic mass is 19.1. The minimum atomic E-state index is -0.268. The van der Waals surface area contributed by atoms with Crippen molar-refractivity contribution in [3.63, 3.8) is 0 Å². The van der Waals surface area contributed by atoms with Gasteiger partial charge in [0.05, 0.1) is 11.4 Å². The maximum atomic E-state index is 13.1. The van der Waals surface area contributed by atoms with E-state index < -0.39 is 0 Å². The quantitative estimate of drug-likeness (QED) is 0.800. The Kier molecular flexibility index (Phi) is 3.94. The van der Waals surface area contributed by atoms with E-state index in [2.05, 4.69) is 9.97 Å². The second-order valence-electron chi connectivity index (χ2n) is 5.09. The molecule has 3 nitrogen and oxygen atoms in total. The SMILES string of the molecule is Cc1ccccc1-c1nc(CN)cc(-c2ccc(F)cc2)n1. The van der Waals surface area contributed by atoms with Gasteiger partial charge in [0.25, 0.3) is 0 Å². The minimum Gasteiger partial charge on any atom is -0.325 e. The molecule has 4 heteroatoms. The zero-order valence-electron chi connectivity index (χ0n) is 12.3. The molecular formula is C18H16FN3. The summed E-state index contributed by atoms with van der Waals surface area (Å²) in [6, 6.07) is 16.0. The predicted molar refractivity (Wildman–Crippen MR) is 85.5 cm³/mol. The van der Waals surface area contributed by atoms with E-state index in [1.165, 1.54) is 12.1 Å². The fourth-order valence-corrected chi connectivity index (χ4v) is 2.31. The van der Waals surface area contributed by atoms with E-state index in [1.54, 1.807) is 12.1 Å². The lowest BCUT2D eigenvalue weighted by atomic mass is 10.1. The van der Waals surface area contributed by atoms with Crippen molar-refractivity contribution in [2.24, 2.45) is 5.73 Å². The molecule has 22 heavy (non-hydrogen) atoms. The average molecular weight is 293 g/mol. The molecule has 0 saturated carbocycles. The van der Waals surface area contributed by atoms with Crippen LogP contribution < -0.4 is 5.73 Å². The van der Waals surface area contributed by atoms with E-state index in [9.17, 15) is 4.39 Å². The van der Waals surface area contributed by atoms with Gasteiger partial charge in [-0.25, -0.2) is 14.4 Å². The third-order valence-corrected chi connectivity index (χ3v) is 3.51. The first kappa shape index (κ1) is 14.4. The summed E-state index contributed by atoms with van der Waals surface area (Å²) in [6.07, 6.45) is 0. The van der Waals surface area contributed by atoms with Crippen LogP contribution in [0.4, 0.5) is 4.39 Å². The number of nitrogens with zero attached hydrogens (tertiary/aromatic N) is 2. The lowest BCUT2D eigenvalue weighted by Crippen LogP contribution is -2.04. The molecule has 0 fully saturated rings. The third kappa shape index (κ3) is 2.87. The normalized spacial score (nSPS) is 10.7. The van der Waals surface area contributed by atoms with Crippen molar-refractivity contribution in [2.75, 3.05) is 0 Å². The van der Waals surface area contributed by atoms with Crippen molar-refractivity contribution < 1.29 is 4.39 Å². The molecule has 0 unspecified atom stereocenters. The predicted octanol–water partition coefficient (Wildman–Crippen LogP) is 3.72. The van der Waals surface area contributed by atoms with Crippen LogP contribution in [0.25, 0.3) is 22.6 Å². The number of benzene rings is 2. The van der Waals surface area contributed by atoms with E-state index in [4.69, 9.17) is 5.73 Å². The second-order valence-corrected chi connectivity index (χ2v) is 5.09. The Morgan fingerprint density at radius 3 is 2.41 bits per heavy atom. The van der Waals surface area contributed by atoms with E-state index in [-0.39, 0.29) is 5.82 Å². The van der Waals surface area contributed by atoms with Gasteiger partial charge in [-0.05, 0) is 42.8 Å². The minimum absolute atomic E-state index is 0.268. The number of hydrogen-bond acceptors (Lipinski definition) is 3. The molecule has 0 atom stereocenters. The number of hydrogen-bond donors (Lipinski definition) is 1. The Morgan fingerprint density at radius 2 is 1.73 bits per heavy atom. The number of aryl methyl sites for hydroxylation is 1. The van der Waals surface area contributed by atoms with Crippen LogP contribution in [-0.4, -0.2) is 9.97 Å². The van der Waals surface area contributed by atoms with Gasteiger partial charge in [-0.2, -0.15) is 0 Å². The van der Waals surface area contributed by atoms with Crippen LogP contribution in [0.3, 0.4) is 0 Å². The number of rotatable bonds is 3. The average Bonchev–Trinajstić information content (AvgIpc) is 2.55. The van der Waals surface area contributed by atoms with Crippen molar-refractivity contribution in [2.45, 2.75) is 13.5 Å². The van der Waals surface area contributed by atoms with Crippen LogP contribution in [-0.2, 0) is 6.54 Å². The molecule has 3 rings (SSSR count). The number of aromatic nitrogens is 2. The highest BCUT2D eigenvalue weighted by Crippen LogP contribution is 2.24. The Bertz CT molecular complexity index is 798. The Labute approximate surface area is 128 Å². The van der Waals surface area contributed by atoms with Crippen LogP contribution in [0.1, 0.15) is 11.3 Å². The van der Waals surface area contributed by atoms with Gasteiger partial charge in [-0.15, -0.1) is 0 Å². The Balaban J connectivity index is 2.15. The van der Waals surface area contributed by atoms with Crippen LogP contribution in [0.2, 0.25) is 0 Å². The second kappa shape index (κ2) is 6.03. The molecule has 2 aromatic carbocycles. The standard InChI is InChI=1S/C18H16FN3/c1-12-4-2-3-5-16(12)18-21-15(11-20)10-17(22-18)13-6-8-14(19)9-7-13/h2-10H,11,20H2,1H3. The van der Waals surface area contributed by atoms with Gasteiger partial charge in [0.1, 0.15) is 5.82 Å². The monoisotopic (exact) mass is 293 g/mol. The summed E-state index contributed by atoms with van der Waals surface area (Å²) in [7, 11) is 0. The molecule has 0 spiro atoms. The molecule has 1 heterocycles. The fourth-order valence-electron chi connectivity index (χ4n) is 2.31. The summed E-state index contributed by atoms with van der Waals surface area (Å²) >= 11 is 0. The van der Waals surface area contributed by atoms with Crippen molar-refractivity contribution in [3.05, 3.63) is 71.7 Å². The molecule has 3 aromatic rings. The lowest BCUT2D eigenvalue weighted by Gasteiger charge is -2.09. The van der Waals surface area contributed by atoms with Gasteiger partial charge in [-0.3, -0.25) is 0 Å². The summed E-state index contributed by atoms with van der Waals surface area (Å²) in [6.45, 7) is 2.35. The molecular weight excluding hydrogens is 277 g/mol. The smallest absolute Gasteiger partial charge is 0.160 e. The Morgan fingerprint density at radius 1 is 1.00 bits per heavy atom. The maximum absolute atomic E-state index is 13.1. The molecule has 0 amide bonds. The van der Waals surface area contributed by atoms with Crippen molar-refractivity contribution >= 4 is 0 Å². The van der Waals surface area contributed by atoms with Gasteiger partial charge in [-0.1, -0.05) is 24.3 Å². The van der Waals surface area contributed by atoms with E-state index in [0.29, 0.717) is 12.4 Å². The van der Waals surface area contributed by atoms with Crippen LogP contribution in [0.5, 0.6) is 0 Å². The van der Waals surface area contributed by atoms with Crippen LogP contribution >= 0.6 is 0 Å². The van der Waals surface area contributed by atoms with E-state index in [1.807, 2.05) is 37.3 Å². The van der Waals surface area contributed by atoms with Gasteiger partial charge < -0.3 is 5.73 Å². The number of halogens is 1. The van der Waals surface area contributed by atoms with Crippen LogP contribution in [0.15, 0.2) is 54.6 Å². The largest absolute Gasteiger partial charge is 0.325 e. The molecule has 0 aliphatic heterocycles. The summed E-state index contributed by atoms with van der Waals surface area (Å²) < 4.78 is 13.1. The molecule has 0 bridgehead atoms. The first-order chi connectivity index (χ1) is 10.7.